The largest absolute Gasteiger partial charge is 0.383 e. The van der Waals surface area contributed by atoms with E-state index in [-0.39, 0.29) is 5.69 Å². The molecule has 1 aliphatic rings. The zero-order valence-electron chi connectivity index (χ0n) is 14.5. The number of nitrogens with zero attached hydrogens (tertiary/aromatic N) is 3. The highest BCUT2D eigenvalue weighted by Gasteiger charge is 2.09. The van der Waals surface area contributed by atoms with Crippen LogP contribution >= 0.6 is 0 Å². The monoisotopic (exact) mass is 350 g/mol. The Bertz CT molecular complexity index is 557. The van der Waals surface area contributed by atoms with Crippen molar-refractivity contribution >= 4 is 17.3 Å². The number of non-ortho nitro benzene ring substituents is 1. The van der Waals surface area contributed by atoms with Gasteiger partial charge in [0.2, 0.25) is 0 Å². The summed E-state index contributed by atoms with van der Waals surface area (Å²) in [5, 5.41) is 20.3. The summed E-state index contributed by atoms with van der Waals surface area (Å²) < 4.78 is 5.33. The van der Waals surface area contributed by atoms with Gasteiger partial charge in [0.25, 0.3) is 5.69 Å². The molecule has 138 valence electrons. The van der Waals surface area contributed by atoms with Crippen molar-refractivity contribution in [2.45, 2.75) is 0 Å². The molecule has 1 aromatic carbocycles. The van der Waals surface area contributed by atoms with Crippen molar-refractivity contribution in [3.63, 3.8) is 0 Å². The maximum absolute atomic E-state index is 10.6. The Kier molecular flexibility index (Phi) is 7.93. The van der Waals surface area contributed by atoms with Gasteiger partial charge in [0.05, 0.1) is 18.1 Å². The average molecular weight is 350 g/mol. The number of aliphatic imine (C=N–C) groups is 1. The predicted molar refractivity (Wildman–Crippen MR) is 98.2 cm³/mol. The van der Waals surface area contributed by atoms with Crippen molar-refractivity contribution in [3.8, 4) is 0 Å². The molecule has 0 radical (unpaired) electrons. The fourth-order valence-electron chi connectivity index (χ4n) is 2.47. The van der Waals surface area contributed by atoms with Gasteiger partial charge in [0.15, 0.2) is 5.96 Å². The van der Waals surface area contributed by atoms with Crippen molar-refractivity contribution < 1.29 is 9.66 Å². The quantitative estimate of drug-likeness (QED) is 0.206. The molecule has 0 spiro atoms. The Labute approximate surface area is 147 Å². The standard InChI is InChI=1S/C16H26N6O3/c1-17-16(20-8-9-21-10-12-25-13-11-21)19-7-6-18-14-2-4-15(5-3-14)22(23)24/h2-5,18H,6-13H2,1H3,(H2,17,19,20). The molecule has 0 atom stereocenters. The van der Waals surface area contributed by atoms with Gasteiger partial charge in [-0.05, 0) is 12.1 Å². The topological polar surface area (TPSA) is 104 Å². The molecular formula is C16H26N6O3. The number of benzene rings is 1. The van der Waals surface area contributed by atoms with Crippen LogP contribution in [-0.4, -0.2) is 75.3 Å². The van der Waals surface area contributed by atoms with Crippen LogP contribution in [-0.2, 0) is 4.74 Å². The minimum absolute atomic E-state index is 0.0912. The second kappa shape index (κ2) is 10.5. The van der Waals surface area contributed by atoms with Crippen LogP contribution in [0.2, 0.25) is 0 Å². The fourth-order valence-corrected chi connectivity index (χ4v) is 2.47. The molecule has 3 N–H and O–H groups in total. The number of hydrogen-bond donors (Lipinski definition) is 3. The summed E-state index contributed by atoms with van der Waals surface area (Å²) >= 11 is 0. The van der Waals surface area contributed by atoms with E-state index < -0.39 is 4.92 Å². The number of anilines is 1. The Balaban J connectivity index is 1.59. The van der Waals surface area contributed by atoms with Crippen molar-refractivity contribution in [1.82, 2.24) is 15.5 Å². The second-order valence-corrected chi connectivity index (χ2v) is 5.61. The van der Waals surface area contributed by atoms with Crippen LogP contribution in [0.1, 0.15) is 0 Å². The first-order valence-electron chi connectivity index (χ1n) is 8.42. The van der Waals surface area contributed by atoms with Crippen molar-refractivity contribution in [2.75, 3.05) is 64.8 Å². The van der Waals surface area contributed by atoms with E-state index >= 15 is 0 Å². The molecule has 1 fully saturated rings. The van der Waals surface area contributed by atoms with Crippen LogP contribution in [0.3, 0.4) is 0 Å². The van der Waals surface area contributed by atoms with Gasteiger partial charge in [-0.1, -0.05) is 0 Å². The summed E-state index contributed by atoms with van der Waals surface area (Å²) in [7, 11) is 1.74. The third kappa shape index (κ3) is 6.94. The third-order valence-electron chi connectivity index (χ3n) is 3.87. The van der Waals surface area contributed by atoms with E-state index in [1.54, 1.807) is 19.2 Å². The molecule has 1 heterocycles. The van der Waals surface area contributed by atoms with Crippen LogP contribution < -0.4 is 16.0 Å². The van der Waals surface area contributed by atoms with Gasteiger partial charge in [-0.2, -0.15) is 0 Å². The first-order valence-corrected chi connectivity index (χ1v) is 8.42. The highest BCUT2D eigenvalue weighted by atomic mass is 16.6. The third-order valence-corrected chi connectivity index (χ3v) is 3.87. The molecule has 9 heteroatoms. The lowest BCUT2D eigenvalue weighted by Crippen LogP contribution is -2.45. The van der Waals surface area contributed by atoms with E-state index in [1.165, 1.54) is 12.1 Å². The number of nitro benzene ring substituents is 1. The number of morpholine rings is 1. The zero-order valence-corrected chi connectivity index (χ0v) is 14.5. The Morgan fingerprint density at radius 3 is 2.52 bits per heavy atom. The highest BCUT2D eigenvalue weighted by Crippen LogP contribution is 2.14. The second-order valence-electron chi connectivity index (χ2n) is 5.61. The van der Waals surface area contributed by atoms with Crippen LogP contribution in [0, 0.1) is 10.1 Å². The summed E-state index contributed by atoms with van der Waals surface area (Å²) in [4.78, 5) is 16.8. The lowest BCUT2D eigenvalue weighted by molar-refractivity contribution is -0.384. The number of hydrogen-bond acceptors (Lipinski definition) is 6. The number of rotatable bonds is 8. The normalized spacial score (nSPS) is 15.6. The number of nitro groups is 1. The molecular weight excluding hydrogens is 324 g/mol. The van der Waals surface area contributed by atoms with Gasteiger partial charge in [-0.3, -0.25) is 20.0 Å². The van der Waals surface area contributed by atoms with Crippen molar-refractivity contribution in [2.24, 2.45) is 4.99 Å². The zero-order chi connectivity index (χ0) is 17.9. The molecule has 2 rings (SSSR count). The van der Waals surface area contributed by atoms with E-state index in [9.17, 15) is 10.1 Å². The molecule has 1 aliphatic heterocycles. The fraction of sp³-hybridized carbons (Fsp3) is 0.562. The Hall–Kier alpha value is -2.39. The summed E-state index contributed by atoms with van der Waals surface area (Å²) in [6.45, 7) is 6.74. The first kappa shape index (κ1) is 18.9. The SMILES string of the molecule is CN=C(NCCNc1ccc([N+](=O)[O-])cc1)NCCN1CCOCC1. The summed E-state index contributed by atoms with van der Waals surface area (Å²) in [5.74, 6) is 0.763. The number of ether oxygens (including phenoxy) is 1. The summed E-state index contributed by atoms with van der Waals surface area (Å²) in [6, 6.07) is 6.38. The maximum atomic E-state index is 10.6. The van der Waals surface area contributed by atoms with E-state index in [2.05, 4.69) is 25.8 Å². The van der Waals surface area contributed by atoms with Crippen molar-refractivity contribution in [1.29, 1.82) is 0 Å². The molecule has 0 unspecified atom stereocenters. The molecule has 1 saturated heterocycles. The van der Waals surface area contributed by atoms with Crippen LogP contribution in [0.25, 0.3) is 0 Å². The molecule has 0 aliphatic carbocycles. The average Bonchev–Trinajstić information content (AvgIpc) is 2.65. The highest BCUT2D eigenvalue weighted by molar-refractivity contribution is 5.79. The molecule has 0 amide bonds. The van der Waals surface area contributed by atoms with E-state index in [1.807, 2.05) is 0 Å². The lowest BCUT2D eigenvalue weighted by Gasteiger charge is -2.26. The van der Waals surface area contributed by atoms with E-state index in [0.717, 1.165) is 51.0 Å². The van der Waals surface area contributed by atoms with Crippen LogP contribution in [0.4, 0.5) is 11.4 Å². The minimum Gasteiger partial charge on any atom is -0.383 e. The lowest BCUT2D eigenvalue weighted by atomic mass is 10.3. The molecule has 0 aromatic heterocycles. The summed E-state index contributed by atoms with van der Waals surface area (Å²) in [6.07, 6.45) is 0. The minimum atomic E-state index is -0.405. The Morgan fingerprint density at radius 2 is 1.88 bits per heavy atom. The van der Waals surface area contributed by atoms with Gasteiger partial charge in [0, 0.05) is 64.1 Å². The number of nitrogens with one attached hydrogen (secondary N) is 3. The van der Waals surface area contributed by atoms with Gasteiger partial charge < -0.3 is 20.7 Å². The van der Waals surface area contributed by atoms with Crippen LogP contribution in [0.15, 0.2) is 29.3 Å². The van der Waals surface area contributed by atoms with Gasteiger partial charge in [-0.15, -0.1) is 0 Å². The smallest absolute Gasteiger partial charge is 0.269 e. The molecule has 0 bridgehead atoms. The maximum Gasteiger partial charge on any atom is 0.269 e. The van der Waals surface area contributed by atoms with Crippen LogP contribution in [0.5, 0.6) is 0 Å². The van der Waals surface area contributed by atoms with Gasteiger partial charge >= 0.3 is 0 Å². The molecule has 25 heavy (non-hydrogen) atoms. The molecule has 0 saturated carbocycles. The van der Waals surface area contributed by atoms with Gasteiger partial charge in [0.1, 0.15) is 0 Å². The predicted octanol–water partition coefficient (Wildman–Crippen LogP) is 0.504. The Morgan fingerprint density at radius 1 is 1.20 bits per heavy atom. The van der Waals surface area contributed by atoms with E-state index in [0.29, 0.717) is 13.1 Å². The van der Waals surface area contributed by atoms with Gasteiger partial charge in [-0.25, -0.2) is 0 Å². The van der Waals surface area contributed by atoms with Crippen molar-refractivity contribution in [3.05, 3.63) is 34.4 Å². The summed E-state index contributed by atoms with van der Waals surface area (Å²) in [5.41, 5.74) is 0.941. The molecule has 9 nitrogen and oxygen atoms in total. The number of guanidine groups is 1. The van der Waals surface area contributed by atoms with E-state index in [4.69, 9.17) is 4.74 Å². The first-order chi connectivity index (χ1) is 12.2. The molecule has 1 aromatic rings.